The average molecular weight is 935 g/mol. The van der Waals surface area contributed by atoms with Gasteiger partial charge in [-0.1, -0.05) is 41.5 Å². The molecular formula is C48H74N10O5S2. The summed E-state index contributed by atoms with van der Waals surface area (Å²) < 4.78 is 57.2. The molecule has 0 bridgehead atoms. The molecule has 17 heteroatoms. The first kappa shape index (κ1) is 50.3. The third-order valence-corrected chi connectivity index (χ3v) is 16.0. The second-order valence-corrected chi connectivity index (χ2v) is 25.3. The van der Waals surface area contributed by atoms with Crippen molar-refractivity contribution in [1.82, 2.24) is 49.3 Å². The molecule has 0 unspecified atom stereocenters. The number of aromatic nitrogens is 6. The first-order valence-corrected chi connectivity index (χ1v) is 26.5. The minimum atomic E-state index is -3.47. The van der Waals surface area contributed by atoms with Gasteiger partial charge in [0.2, 0.25) is 0 Å². The van der Waals surface area contributed by atoms with Crippen molar-refractivity contribution < 1.29 is 21.6 Å². The van der Waals surface area contributed by atoms with E-state index in [0.29, 0.717) is 41.3 Å². The van der Waals surface area contributed by atoms with Gasteiger partial charge >= 0.3 is 0 Å². The molecule has 0 spiro atoms. The van der Waals surface area contributed by atoms with Crippen LogP contribution in [0.1, 0.15) is 89.2 Å². The highest BCUT2D eigenvalue weighted by molar-refractivity contribution is 7.91. The lowest BCUT2D eigenvalue weighted by Crippen LogP contribution is -2.39. The predicted octanol–water partition coefficient (Wildman–Crippen LogP) is 6.20. The molecule has 2 N–H and O–H groups in total. The minimum absolute atomic E-state index is 0.0215. The number of fused-ring (bicyclic) bond motifs is 2. The van der Waals surface area contributed by atoms with Crippen molar-refractivity contribution in [2.75, 3.05) is 79.0 Å². The van der Waals surface area contributed by atoms with Crippen molar-refractivity contribution in [1.29, 1.82) is 0 Å². The van der Waals surface area contributed by atoms with E-state index in [9.17, 15) is 21.6 Å². The summed E-state index contributed by atoms with van der Waals surface area (Å²) in [5, 5.41) is 9.80. The van der Waals surface area contributed by atoms with E-state index in [1.807, 2.05) is 26.2 Å². The van der Waals surface area contributed by atoms with E-state index in [1.54, 1.807) is 35.4 Å². The van der Waals surface area contributed by atoms with Gasteiger partial charge in [-0.2, -0.15) is 5.10 Å². The number of imidazole rings is 2. The molecule has 5 heterocycles. The van der Waals surface area contributed by atoms with Gasteiger partial charge in [-0.3, -0.25) is 9.89 Å². The van der Waals surface area contributed by atoms with E-state index in [4.69, 9.17) is 9.97 Å². The first-order valence-electron chi connectivity index (χ1n) is 23.2. The van der Waals surface area contributed by atoms with Gasteiger partial charge < -0.3 is 29.2 Å². The van der Waals surface area contributed by atoms with Crippen LogP contribution in [0.4, 0.5) is 0 Å². The summed E-state index contributed by atoms with van der Waals surface area (Å²) in [5.41, 5.74) is 4.23. The first-order chi connectivity index (χ1) is 30.5. The smallest absolute Gasteiger partial charge is 0.257 e. The number of hydrogen-bond acceptors (Lipinski definition) is 11. The van der Waals surface area contributed by atoms with Crippen molar-refractivity contribution in [3.05, 3.63) is 66.0 Å². The quantitative estimate of drug-likeness (QED) is 0.123. The number of sulfone groups is 2. The number of aromatic amines is 1. The molecule has 3 aromatic heterocycles. The highest BCUT2D eigenvalue weighted by atomic mass is 32.2. The molecule has 358 valence electrons. The SMILES string of the molecule is CN(C)CCn1c(CC(C)(C)C)nc2cc(S(=O)(=O)CC3CCN(C(=O)c4cn[nH]c4)CC3)ccc21.CN(C)CCn1c(CC(C)(C)C)nc2cc(S(=O)(=O)CC3CCNCC3)ccc21. The van der Waals surface area contributed by atoms with Gasteiger partial charge in [0.05, 0.1) is 55.1 Å². The zero-order valence-corrected chi connectivity index (χ0v) is 42.2. The number of carbonyl (C=O) groups is 1. The summed E-state index contributed by atoms with van der Waals surface area (Å²) in [6.07, 6.45) is 7.96. The molecule has 1 amide bonds. The fourth-order valence-corrected chi connectivity index (χ4v) is 12.2. The molecule has 0 aliphatic carbocycles. The fourth-order valence-electron chi connectivity index (χ4n) is 8.74. The standard InChI is InChI=1S/C26H38N6O3S.C22H36N4O2S/c1-26(2,3)15-24-29-22-14-21(6-7-23(22)32(24)13-12-30(4)5)36(34,35)18-19-8-10-31(11-9-19)25(33)20-16-27-28-17-20;1-22(2,3)15-21-24-19-14-18(6-7-20(19)26(21)13-12-25(4)5)29(27,28)16-17-8-10-23-11-9-17/h6-7,14,16-17,19H,8-13,15,18H2,1-5H3,(H,27,28);6-7,14,17,23H,8-13,15-16H2,1-5H3. The largest absolute Gasteiger partial charge is 0.339 e. The van der Waals surface area contributed by atoms with Crippen molar-refractivity contribution in [3.8, 4) is 0 Å². The average Bonchev–Trinajstić information content (AvgIpc) is 3.95. The second-order valence-electron chi connectivity index (χ2n) is 21.2. The van der Waals surface area contributed by atoms with Crippen molar-refractivity contribution in [2.45, 2.75) is 103 Å². The van der Waals surface area contributed by atoms with Gasteiger partial charge in [-0.25, -0.2) is 26.8 Å². The molecule has 0 saturated carbocycles. The van der Waals surface area contributed by atoms with E-state index in [0.717, 1.165) is 98.7 Å². The number of carbonyl (C=O) groups excluding carboxylic acids is 1. The Morgan fingerprint density at radius 2 is 1.14 bits per heavy atom. The van der Waals surface area contributed by atoms with Crippen molar-refractivity contribution in [2.24, 2.45) is 22.7 Å². The highest BCUT2D eigenvalue weighted by Gasteiger charge is 2.30. The van der Waals surface area contributed by atoms with E-state index < -0.39 is 19.7 Å². The van der Waals surface area contributed by atoms with Gasteiger partial charge in [0.15, 0.2) is 19.7 Å². The lowest BCUT2D eigenvalue weighted by Gasteiger charge is -2.31. The van der Waals surface area contributed by atoms with Crippen LogP contribution < -0.4 is 5.32 Å². The van der Waals surface area contributed by atoms with Crippen LogP contribution in [0.25, 0.3) is 22.1 Å². The lowest BCUT2D eigenvalue weighted by atomic mass is 9.92. The molecule has 0 atom stereocenters. The minimum Gasteiger partial charge on any atom is -0.339 e. The summed E-state index contributed by atoms with van der Waals surface area (Å²) in [7, 11) is 1.45. The lowest BCUT2D eigenvalue weighted by molar-refractivity contribution is 0.0698. The Hall–Kier alpha value is -4.16. The summed E-state index contributed by atoms with van der Waals surface area (Å²) >= 11 is 0. The van der Waals surface area contributed by atoms with Gasteiger partial charge in [0.1, 0.15) is 11.6 Å². The van der Waals surface area contributed by atoms with Crippen LogP contribution in [0.5, 0.6) is 0 Å². The summed E-state index contributed by atoms with van der Waals surface area (Å²) in [5.74, 6) is 2.54. The van der Waals surface area contributed by atoms with Crippen LogP contribution in [0, 0.1) is 22.7 Å². The second kappa shape index (κ2) is 20.8. The number of amides is 1. The monoisotopic (exact) mass is 935 g/mol. The molecule has 15 nitrogen and oxygen atoms in total. The predicted molar refractivity (Wildman–Crippen MR) is 260 cm³/mol. The number of benzene rings is 2. The van der Waals surface area contributed by atoms with Crippen molar-refractivity contribution >= 4 is 47.6 Å². The van der Waals surface area contributed by atoms with Crippen LogP contribution in [-0.2, 0) is 45.6 Å². The topological polar surface area (TPSA) is 171 Å². The van der Waals surface area contributed by atoms with Gasteiger partial charge in [-0.15, -0.1) is 0 Å². The molecule has 5 aromatic rings. The van der Waals surface area contributed by atoms with Crippen molar-refractivity contribution in [3.63, 3.8) is 0 Å². The Bertz CT molecular complexity index is 2590. The number of likely N-dealkylation sites (tertiary alicyclic amines) is 1. The Morgan fingerprint density at radius 3 is 1.54 bits per heavy atom. The number of H-pyrrole nitrogens is 1. The number of nitrogens with zero attached hydrogens (tertiary/aromatic N) is 8. The van der Waals surface area contributed by atoms with Gasteiger partial charge in [-0.05, 0) is 126 Å². The molecule has 0 radical (unpaired) electrons. The number of piperidine rings is 2. The molecule has 7 rings (SSSR count). The summed E-state index contributed by atoms with van der Waals surface area (Å²) in [6.45, 7) is 19.5. The molecule has 2 aliphatic heterocycles. The van der Waals surface area contributed by atoms with E-state index >= 15 is 0 Å². The van der Waals surface area contributed by atoms with Crippen LogP contribution >= 0.6 is 0 Å². The van der Waals surface area contributed by atoms with Crippen LogP contribution in [-0.4, -0.2) is 146 Å². The Balaban J connectivity index is 0.000000221. The van der Waals surface area contributed by atoms with Crippen LogP contribution in [0.2, 0.25) is 0 Å². The molecule has 2 aromatic carbocycles. The number of nitrogens with one attached hydrogen (secondary N) is 2. The maximum Gasteiger partial charge on any atom is 0.257 e. The fraction of sp³-hybridized carbons (Fsp3) is 0.625. The Morgan fingerprint density at radius 1 is 0.692 bits per heavy atom. The molecular weight excluding hydrogens is 861 g/mol. The third-order valence-electron chi connectivity index (χ3n) is 12.3. The Labute approximate surface area is 387 Å². The summed E-state index contributed by atoms with van der Waals surface area (Å²) in [4.78, 5) is 29.1. The maximum absolute atomic E-state index is 13.3. The zero-order chi connectivity index (χ0) is 47.3. The number of likely N-dealkylation sites (N-methyl/N-ethyl adjacent to an activating group) is 2. The molecule has 2 saturated heterocycles. The molecule has 2 fully saturated rings. The van der Waals surface area contributed by atoms with E-state index in [-0.39, 0.29) is 40.1 Å². The summed E-state index contributed by atoms with van der Waals surface area (Å²) in [6, 6.07) is 10.9. The van der Waals surface area contributed by atoms with Crippen LogP contribution in [0.15, 0.2) is 58.6 Å². The molecule has 65 heavy (non-hydrogen) atoms. The van der Waals surface area contributed by atoms with Gasteiger partial charge in [0, 0.05) is 58.3 Å². The zero-order valence-electron chi connectivity index (χ0n) is 40.5. The molecule has 2 aliphatic rings. The van der Waals surface area contributed by atoms with Crippen LogP contribution in [0.3, 0.4) is 0 Å². The number of hydrogen-bond donors (Lipinski definition) is 2. The normalized spacial score (nSPS) is 16.2. The van der Waals surface area contributed by atoms with Gasteiger partial charge in [0.25, 0.3) is 5.91 Å². The Kier molecular flexibility index (Phi) is 16.1. The third kappa shape index (κ3) is 13.7. The maximum atomic E-state index is 13.3. The van der Waals surface area contributed by atoms with E-state index in [2.05, 4.69) is 90.1 Å². The number of rotatable bonds is 15. The highest BCUT2D eigenvalue weighted by Crippen LogP contribution is 2.30. The van der Waals surface area contributed by atoms with E-state index in [1.165, 1.54) is 6.20 Å².